The minimum absolute atomic E-state index is 0.0692. The van der Waals surface area contributed by atoms with Crippen LogP contribution in [0, 0.1) is 0 Å². The molecule has 2 aromatic carbocycles. The molecule has 0 fully saturated rings. The lowest BCUT2D eigenvalue weighted by atomic mass is 10.2. The number of methoxy groups -OCH3 is 2. The molecule has 0 saturated heterocycles. The molecule has 0 aliphatic heterocycles. The monoisotopic (exact) mass is 431 g/mol. The van der Waals surface area contributed by atoms with E-state index in [0.717, 1.165) is 0 Å². The lowest BCUT2D eigenvalue weighted by Gasteiger charge is -2.16. The second-order valence-corrected chi connectivity index (χ2v) is 6.70. The van der Waals surface area contributed by atoms with Gasteiger partial charge in [-0.25, -0.2) is 0 Å². The number of nitrogens with one attached hydrogen (secondary N) is 1. The van der Waals surface area contributed by atoms with Gasteiger partial charge >= 0.3 is 0 Å². The highest BCUT2D eigenvalue weighted by Gasteiger charge is 2.20. The van der Waals surface area contributed by atoms with Gasteiger partial charge in [0, 0.05) is 11.1 Å². The van der Waals surface area contributed by atoms with Crippen molar-refractivity contribution in [1.29, 1.82) is 0 Å². The Hall–Kier alpha value is -3.26. The highest BCUT2D eigenvalue weighted by Crippen LogP contribution is 2.31. The summed E-state index contributed by atoms with van der Waals surface area (Å²) in [7, 11) is 3.12. The maximum absolute atomic E-state index is 12.5. The number of halogens is 1. The van der Waals surface area contributed by atoms with E-state index in [4.69, 9.17) is 30.3 Å². The highest BCUT2D eigenvalue weighted by atomic mass is 35.5. The van der Waals surface area contributed by atoms with Crippen LogP contribution in [0.5, 0.6) is 17.2 Å². The zero-order chi connectivity index (χ0) is 21.5. The predicted octanol–water partition coefficient (Wildman–Crippen LogP) is 3.88. The Balaban J connectivity index is 1.64. The van der Waals surface area contributed by atoms with Gasteiger partial charge in [-0.1, -0.05) is 29.7 Å². The Labute approximate surface area is 179 Å². The average molecular weight is 432 g/mol. The van der Waals surface area contributed by atoms with E-state index in [0.29, 0.717) is 40.1 Å². The summed E-state index contributed by atoms with van der Waals surface area (Å²) in [4.78, 5) is 16.8. The summed E-state index contributed by atoms with van der Waals surface area (Å²) in [5.74, 6) is 2.04. The molecule has 3 aromatic rings. The van der Waals surface area contributed by atoms with E-state index in [1.807, 2.05) is 6.92 Å². The number of carbonyl (C=O) groups excluding carboxylic acids is 1. The van der Waals surface area contributed by atoms with E-state index in [1.165, 1.54) is 0 Å². The average Bonchev–Trinajstić information content (AvgIpc) is 3.24. The maximum Gasteiger partial charge on any atom is 0.261 e. The normalized spacial score (nSPS) is 11.6. The maximum atomic E-state index is 12.5. The van der Waals surface area contributed by atoms with Crippen molar-refractivity contribution >= 4 is 17.5 Å². The summed E-state index contributed by atoms with van der Waals surface area (Å²) in [6, 6.07) is 12.2. The zero-order valence-electron chi connectivity index (χ0n) is 16.8. The van der Waals surface area contributed by atoms with E-state index in [1.54, 1.807) is 56.7 Å². The van der Waals surface area contributed by atoms with Gasteiger partial charge in [-0.3, -0.25) is 4.79 Å². The molecule has 0 bridgehead atoms. The number of benzene rings is 2. The van der Waals surface area contributed by atoms with Crippen LogP contribution in [0.15, 0.2) is 47.0 Å². The summed E-state index contributed by atoms with van der Waals surface area (Å²) in [5, 5.41) is 7.26. The summed E-state index contributed by atoms with van der Waals surface area (Å²) < 4.78 is 21.5. The topological polar surface area (TPSA) is 95.7 Å². The molecule has 30 heavy (non-hydrogen) atoms. The van der Waals surface area contributed by atoms with E-state index in [9.17, 15) is 4.79 Å². The number of aromatic nitrogens is 2. The van der Waals surface area contributed by atoms with Crippen LogP contribution >= 0.6 is 11.6 Å². The van der Waals surface area contributed by atoms with Gasteiger partial charge in [-0.15, -0.1) is 0 Å². The highest BCUT2D eigenvalue weighted by molar-refractivity contribution is 6.30. The fraction of sp³-hybridized carbons (Fsp3) is 0.286. The molecule has 1 N–H and O–H groups in total. The van der Waals surface area contributed by atoms with Crippen LogP contribution in [-0.2, 0) is 11.3 Å². The number of amides is 1. The van der Waals surface area contributed by atoms with Crippen molar-refractivity contribution in [2.75, 3.05) is 14.2 Å². The van der Waals surface area contributed by atoms with Crippen molar-refractivity contribution in [2.24, 2.45) is 0 Å². The lowest BCUT2D eigenvalue weighted by molar-refractivity contribution is -0.128. The Kier molecular flexibility index (Phi) is 7.13. The fourth-order valence-corrected chi connectivity index (χ4v) is 2.90. The van der Waals surface area contributed by atoms with Crippen molar-refractivity contribution in [1.82, 2.24) is 15.5 Å². The van der Waals surface area contributed by atoms with Crippen LogP contribution in [0.3, 0.4) is 0 Å². The Morgan fingerprint density at radius 1 is 1.17 bits per heavy atom. The van der Waals surface area contributed by atoms with Gasteiger partial charge in [-0.05, 0) is 36.8 Å². The minimum Gasteiger partial charge on any atom is -0.497 e. The quantitative estimate of drug-likeness (QED) is 0.549. The third kappa shape index (κ3) is 5.21. The third-order valence-electron chi connectivity index (χ3n) is 4.27. The van der Waals surface area contributed by atoms with Crippen molar-refractivity contribution < 1.29 is 23.5 Å². The largest absolute Gasteiger partial charge is 0.497 e. The van der Waals surface area contributed by atoms with Gasteiger partial charge in [0.2, 0.25) is 11.7 Å². The van der Waals surface area contributed by atoms with Crippen LogP contribution in [0.4, 0.5) is 0 Å². The second kappa shape index (κ2) is 9.98. The molecular formula is C21H22ClN3O5. The Morgan fingerprint density at radius 3 is 2.70 bits per heavy atom. The van der Waals surface area contributed by atoms with Crippen LogP contribution in [0.25, 0.3) is 11.4 Å². The van der Waals surface area contributed by atoms with Gasteiger partial charge < -0.3 is 24.1 Å². The second-order valence-electron chi connectivity index (χ2n) is 6.27. The molecule has 0 aliphatic rings. The first-order valence-corrected chi connectivity index (χ1v) is 9.66. The number of ether oxygens (including phenoxy) is 3. The first-order valence-electron chi connectivity index (χ1n) is 9.29. The number of hydrogen-bond donors (Lipinski definition) is 1. The third-order valence-corrected chi connectivity index (χ3v) is 4.50. The number of nitrogens with zero attached hydrogens (tertiary/aromatic N) is 2. The molecule has 9 heteroatoms. The van der Waals surface area contributed by atoms with Gasteiger partial charge in [-0.2, -0.15) is 4.98 Å². The minimum atomic E-state index is -0.674. The lowest BCUT2D eigenvalue weighted by Crippen LogP contribution is -2.37. The molecule has 1 atom stereocenters. The van der Waals surface area contributed by atoms with Crippen molar-refractivity contribution in [2.45, 2.75) is 26.0 Å². The van der Waals surface area contributed by atoms with Crippen LogP contribution in [0.2, 0.25) is 5.02 Å². The molecule has 1 amide bonds. The molecule has 0 radical (unpaired) electrons. The summed E-state index contributed by atoms with van der Waals surface area (Å²) >= 11 is 5.96. The molecular weight excluding hydrogens is 410 g/mol. The van der Waals surface area contributed by atoms with E-state index >= 15 is 0 Å². The molecule has 158 valence electrons. The zero-order valence-corrected chi connectivity index (χ0v) is 17.6. The molecule has 0 aliphatic carbocycles. The predicted molar refractivity (Wildman–Crippen MR) is 111 cm³/mol. The van der Waals surface area contributed by atoms with Crippen LogP contribution in [-0.4, -0.2) is 36.4 Å². The molecule has 8 nitrogen and oxygen atoms in total. The van der Waals surface area contributed by atoms with Crippen LogP contribution in [0.1, 0.15) is 19.2 Å². The fourth-order valence-electron chi connectivity index (χ4n) is 2.72. The Bertz CT molecular complexity index is 1010. The molecule has 0 unspecified atom stereocenters. The van der Waals surface area contributed by atoms with Crippen molar-refractivity contribution in [3.8, 4) is 28.6 Å². The van der Waals surface area contributed by atoms with Crippen molar-refractivity contribution in [3.05, 3.63) is 53.4 Å². The van der Waals surface area contributed by atoms with E-state index < -0.39 is 6.10 Å². The first kappa shape index (κ1) is 21.4. The SMILES string of the molecule is CC[C@H](Oc1cccc(Cl)c1)C(=O)NCc1nc(-c2ccc(OC)cc2OC)no1. The summed E-state index contributed by atoms with van der Waals surface area (Å²) in [6.45, 7) is 1.93. The van der Waals surface area contributed by atoms with Gasteiger partial charge in [0.1, 0.15) is 17.2 Å². The van der Waals surface area contributed by atoms with Gasteiger partial charge in [0.05, 0.1) is 26.3 Å². The molecule has 0 spiro atoms. The number of carbonyl (C=O) groups is 1. The molecule has 1 heterocycles. The van der Waals surface area contributed by atoms with E-state index in [-0.39, 0.29) is 18.3 Å². The number of hydrogen-bond acceptors (Lipinski definition) is 7. The Morgan fingerprint density at radius 2 is 2.00 bits per heavy atom. The standard InChI is InChI=1S/C21H22ClN3O5/c1-4-17(29-15-7-5-6-13(22)10-15)21(26)23-12-19-24-20(25-30-19)16-9-8-14(27-2)11-18(16)28-3/h5-11,17H,4,12H2,1-3H3,(H,23,26)/t17-/m0/s1. The summed E-state index contributed by atoms with van der Waals surface area (Å²) in [6.07, 6.45) is -0.191. The van der Waals surface area contributed by atoms with Crippen molar-refractivity contribution in [3.63, 3.8) is 0 Å². The smallest absolute Gasteiger partial charge is 0.261 e. The van der Waals surface area contributed by atoms with Gasteiger partial charge in [0.25, 0.3) is 5.91 Å². The van der Waals surface area contributed by atoms with Crippen LogP contribution < -0.4 is 19.5 Å². The molecule has 3 rings (SSSR count). The van der Waals surface area contributed by atoms with E-state index in [2.05, 4.69) is 15.5 Å². The molecule has 0 saturated carbocycles. The number of rotatable bonds is 9. The first-order chi connectivity index (χ1) is 14.5. The summed E-state index contributed by atoms with van der Waals surface area (Å²) in [5.41, 5.74) is 0.648. The molecule has 1 aromatic heterocycles. The van der Waals surface area contributed by atoms with Gasteiger partial charge in [0.15, 0.2) is 6.10 Å².